The van der Waals surface area contributed by atoms with E-state index in [0.29, 0.717) is 17.8 Å². The molecule has 1 spiro atoms. The summed E-state index contributed by atoms with van der Waals surface area (Å²) in [5, 5.41) is 21.2. The molecule has 28 heavy (non-hydrogen) atoms. The maximum Gasteiger partial charge on any atom is 0.0769 e. The van der Waals surface area contributed by atoms with Crippen molar-refractivity contribution in [3.8, 4) is 0 Å². The molecule has 0 amide bonds. The number of rotatable bonds is 2. The van der Waals surface area contributed by atoms with Gasteiger partial charge in [0.05, 0.1) is 23.9 Å². The molecule has 3 fully saturated rings. The fourth-order valence-corrected chi connectivity index (χ4v) is 7.52. The Morgan fingerprint density at radius 2 is 2.00 bits per heavy atom. The van der Waals surface area contributed by atoms with Crippen molar-refractivity contribution in [1.29, 1.82) is 0 Å². The van der Waals surface area contributed by atoms with E-state index in [2.05, 4.69) is 39.8 Å². The number of fused-ring (bicyclic) bond motifs is 3. The van der Waals surface area contributed by atoms with E-state index >= 15 is 0 Å². The van der Waals surface area contributed by atoms with Gasteiger partial charge in [-0.1, -0.05) is 31.6 Å². The van der Waals surface area contributed by atoms with Crippen LogP contribution in [0.4, 0.5) is 0 Å². The van der Waals surface area contributed by atoms with Crippen LogP contribution in [0.1, 0.15) is 79.6 Å². The van der Waals surface area contributed by atoms with Crippen LogP contribution in [0.2, 0.25) is 0 Å². The molecular weight excluding hydrogens is 348 g/mol. The monoisotopic (exact) mass is 388 g/mol. The average molecular weight is 389 g/mol. The van der Waals surface area contributed by atoms with E-state index in [1.165, 1.54) is 17.6 Å². The van der Waals surface area contributed by atoms with Gasteiger partial charge >= 0.3 is 0 Å². The van der Waals surface area contributed by atoms with Crippen LogP contribution in [0.3, 0.4) is 0 Å². The summed E-state index contributed by atoms with van der Waals surface area (Å²) in [6.45, 7) is 11.3. The van der Waals surface area contributed by atoms with Crippen molar-refractivity contribution in [2.24, 2.45) is 29.1 Å². The van der Waals surface area contributed by atoms with Crippen molar-refractivity contribution in [3.05, 3.63) is 23.3 Å². The first-order valence-electron chi connectivity index (χ1n) is 11.5. The molecule has 3 aliphatic carbocycles. The first-order chi connectivity index (χ1) is 13.1. The summed E-state index contributed by atoms with van der Waals surface area (Å²) in [4.78, 5) is 0. The zero-order valence-corrected chi connectivity index (χ0v) is 18.5. The molecule has 3 heteroatoms. The fraction of sp³-hybridized carbons (Fsp3) is 0.840. The third kappa shape index (κ3) is 3.13. The molecule has 1 saturated heterocycles. The van der Waals surface area contributed by atoms with Gasteiger partial charge in [0.1, 0.15) is 0 Å². The molecule has 4 aliphatic rings. The molecule has 0 aromatic carbocycles. The van der Waals surface area contributed by atoms with Gasteiger partial charge in [-0.25, -0.2) is 0 Å². The minimum absolute atomic E-state index is 0.0558. The number of ether oxygens (including phenoxy) is 1. The first kappa shape index (κ1) is 20.6. The van der Waals surface area contributed by atoms with Crippen LogP contribution in [0, 0.1) is 29.1 Å². The Morgan fingerprint density at radius 3 is 2.68 bits per heavy atom. The van der Waals surface area contributed by atoms with Crippen molar-refractivity contribution in [1.82, 2.24) is 0 Å². The number of aliphatic hydroxyl groups is 2. The maximum absolute atomic E-state index is 11.2. The van der Waals surface area contributed by atoms with E-state index in [9.17, 15) is 10.2 Å². The van der Waals surface area contributed by atoms with Gasteiger partial charge in [0.15, 0.2) is 0 Å². The van der Waals surface area contributed by atoms with E-state index in [0.717, 1.165) is 38.5 Å². The van der Waals surface area contributed by atoms with Crippen molar-refractivity contribution in [2.45, 2.75) is 96.9 Å². The SMILES string of the molecule is CC(C)=C[C@H]1C[C@H](C)[C@]2(CC[C@]3(C)C[C@H]4[C@H](CC[C@@]4(C)O)/C(CO)=C\C[C@H]32)O1. The average Bonchev–Trinajstić information content (AvgIpc) is 3.15. The van der Waals surface area contributed by atoms with Gasteiger partial charge in [-0.15, -0.1) is 0 Å². The standard InChI is InChI=1S/C25H40O3/c1-16(2)12-19-13-17(3)25(28-19)11-10-23(4)14-21-20(8-9-24(21,5)27)18(15-26)6-7-22(23)25/h6,12,17,19-22,26-27H,7-11,13-15H2,1-5H3/b18-6-/t17-,19-,20+,21-,22+,23+,24+,25-/m0/s1. The highest BCUT2D eigenvalue weighted by molar-refractivity contribution is 5.22. The highest BCUT2D eigenvalue weighted by Gasteiger charge is 2.62. The van der Waals surface area contributed by atoms with Crippen molar-refractivity contribution in [3.63, 3.8) is 0 Å². The quantitative estimate of drug-likeness (QED) is 0.653. The number of hydrogen-bond donors (Lipinski definition) is 2. The summed E-state index contributed by atoms with van der Waals surface area (Å²) in [6, 6.07) is 0. The van der Waals surface area contributed by atoms with Gasteiger partial charge < -0.3 is 14.9 Å². The lowest BCUT2D eigenvalue weighted by Crippen LogP contribution is -2.46. The van der Waals surface area contributed by atoms with Crippen LogP contribution < -0.4 is 0 Å². The number of aliphatic hydroxyl groups excluding tert-OH is 1. The Morgan fingerprint density at radius 1 is 1.25 bits per heavy atom. The van der Waals surface area contributed by atoms with Crippen molar-refractivity contribution < 1.29 is 14.9 Å². The Kier molecular flexibility index (Phi) is 5.13. The molecule has 0 aromatic rings. The Balaban J connectivity index is 1.70. The molecule has 3 nitrogen and oxygen atoms in total. The van der Waals surface area contributed by atoms with E-state index in [-0.39, 0.29) is 29.6 Å². The van der Waals surface area contributed by atoms with E-state index in [1.807, 2.05) is 6.92 Å². The van der Waals surface area contributed by atoms with Crippen LogP contribution in [-0.4, -0.2) is 34.1 Å². The van der Waals surface area contributed by atoms with Gasteiger partial charge in [-0.3, -0.25) is 0 Å². The van der Waals surface area contributed by atoms with Gasteiger partial charge in [0, 0.05) is 0 Å². The van der Waals surface area contributed by atoms with Gasteiger partial charge in [0.25, 0.3) is 0 Å². The maximum atomic E-state index is 11.2. The van der Waals surface area contributed by atoms with Crippen LogP contribution >= 0.6 is 0 Å². The highest BCUT2D eigenvalue weighted by Crippen LogP contribution is 2.64. The van der Waals surface area contributed by atoms with Gasteiger partial charge in [-0.2, -0.15) is 0 Å². The van der Waals surface area contributed by atoms with Gasteiger partial charge in [-0.05, 0) is 100 Å². The summed E-state index contributed by atoms with van der Waals surface area (Å²) in [6.07, 6.45) is 12.2. The molecule has 1 heterocycles. The molecule has 0 radical (unpaired) electrons. The van der Waals surface area contributed by atoms with Crippen LogP contribution in [0.5, 0.6) is 0 Å². The smallest absolute Gasteiger partial charge is 0.0769 e. The molecule has 0 bridgehead atoms. The summed E-state index contributed by atoms with van der Waals surface area (Å²) < 4.78 is 6.87. The van der Waals surface area contributed by atoms with Crippen LogP contribution in [-0.2, 0) is 4.74 Å². The lowest BCUT2D eigenvalue weighted by atomic mass is 9.62. The highest BCUT2D eigenvalue weighted by atomic mass is 16.5. The Labute approximate surface area is 171 Å². The lowest BCUT2D eigenvalue weighted by Gasteiger charge is -2.46. The minimum atomic E-state index is -0.619. The van der Waals surface area contributed by atoms with E-state index in [4.69, 9.17) is 4.74 Å². The van der Waals surface area contributed by atoms with Crippen LogP contribution in [0.15, 0.2) is 23.3 Å². The van der Waals surface area contributed by atoms with E-state index in [1.54, 1.807) is 0 Å². The summed E-state index contributed by atoms with van der Waals surface area (Å²) in [5.41, 5.74) is 2.02. The molecule has 0 unspecified atom stereocenters. The first-order valence-corrected chi connectivity index (χ1v) is 11.5. The fourth-order valence-electron chi connectivity index (χ4n) is 7.52. The summed E-state index contributed by atoms with van der Waals surface area (Å²) in [5.74, 6) is 1.60. The van der Waals surface area contributed by atoms with Crippen molar-refractivity contribution in [2.75, 3.05) is 6.61 Å². The molecule has 2 N–H and O–H groups in total. The second-order valence-electron chi connectivity index (χ2n) is 11.2. The van der Waals surface area contributed by atoms with Crippen molar-refractivity contribution >= 4 is 0 Å². The summed E-state index contributed by atoms with van der Waals surface area (Å²) >= 11 is 0. The Bertz CT molecular complexity index is 673. The third-order valence-electron chi connectivity index (χ3n) is 9.03. The zero-order valence-electron chi connectivity index (χ0n) is 18.5. The van der Waals surface area contributed by atoms with Crippen LogP contribution in [0.25, 0.3) is 0 Å². The number of hydrogen-bond acceptors (Lipinski definition) is 3. The second-order valence-corrected chi connectivity index (χ2v) is 11.2. The molecular formula is C25H40O3. The predicted octanol–water partition coefficient (Wildman–Crippen LogP) is 5.02. The normalized spacial score (nSPS) is 52.5. The second kappa shape index (κ2) is 6.96. The predicted molar refractivity (Wildman–Crippen MR) is 113 cm³/mol. The molecule has 0 aromatic heterocycles. The zero-order chi connectivity index (χ0) is 20.3. The topological polar surface area (TPSA) is 49.7 Å². The summed E-state index contributed by atoms with van der Waals surface area (Å²) in [7, 11) is 0. The molecule has 4 rings (SSSR count). The number of allylic oxidation sites excluding steroid dienone is 2. The molecule has 8 atom stereocenters. The van der Waals surface area contributed by atoms with E-state index < -0.39 is 5.60 Å². The molecule has 158 valence electrons. The third-order valence-corrected chi connectivity index (χ3v) is 9.03. The molecule has 2 saturated carbocycles. The molecule has 1 aliphatic heterocycles. The lowest BCUT2D eigenvalue weighted by molar-refractivity contribution is -0.0946. The van der Waals surface area contributed by atoms with Gasteiger partial charge in [0.2, 0.25) is 0 Å². The largest absolute Gasteiger partial charge is 0.392 e. The minimum Gasteiger partial charge on any atom is -0.392 e. The Hall–Kier alpha value is -0.640.